The zero-order chi connectivity index (χ0) is 18.8. The highest BCUT2D eigenvalue weighted by Gasteiger charge is 2.18. The van der Waals surface area contributed by atoms with Crippen molar-refractivity contribution in [1.82, 2.24) is 24.7 Å². The summed E-state index contributed by atoms with van der Waals surface area (Å²) >= 11 is 0. The molecule has 0 saturated carbocycles. The van der Waals surface area contributed by atoms with Crippen LogP contribution in [-0.4, -0.2) is 57.4 Å². The Morgan fingerprint density at radius 3 is 2.63 bits per heavy atom. The molecule has 0 atom stereocenters. The lowest BCUT2D eigenvalue weighted by molar-refractivity contribution is 0.270. The van der Waals surface area contributed by atoms with Gasteiger partial charge in [-0.25, -0.2) is 4.39 Å². The minimum Gasteiger partial charge on any atom is -0.367 e. The second-order valence-electron chi connectivity index (χ2n) is 6.80. The first kappa shape index (κ1) is 17.7. The van der Waals surface area contributed by atoms with Gasteiger partial charge in [-0.2, -0.15) is 4.52 Å². The second-order valence-corrected chi connectivity index (χ2v) is 6.80. The van der Waals surface area contributed by atoms with Crippen molar-refractivity contribution in [2.24, 2.45) is 0 Å². The van der Waals surface area contributed by atoms with Crippen molar-refractivity contribution in [1.29, 1.82) is 0 Å². The minimum atomic E-state index is -0.169. The third-order valence-electron chi connectivity index (χ3n) is 5.06. The number of benzene rings is 1. The number of likely N-dealkylation sites (N-methyl/N-ethyl adjacent to an activating group) is 1. The molecule has 8 heteroatoms. The Labute approximate surface area is 157 Å². The van der Waals surface area contributed by atoms with Gasteiger partial charge in [-0.15, -0.1) is 15.3 Å². The van der Waals surface area contributed by atoms with Gasteiger partial charge in [-0.3, -0.25) is 0 Å². The fraction of sp³-hybridized carbons (Fsp3) is 0.421. The molecule has 4 rings (SSSR count). The molecule has 3 heterocycles. The average Bonchev–Trinajstić information content (AvgIpc) is 3.07. The molecule has 0 spiro atoms. The maximum atomic E-state index is 14.6. The van der Waals surface area contributed by atoms with E-state index in [-0.39, 0.29) is 5.82 Å². The van der Waals surface area contributed by atoms with Crippen LogP contribution in [0.5, 0.6) is 0 Å². The first-order valence-corrected chi connectivity index (χ1v) is 9.32. The summed E-state index contributed by atoms with van der Waals surface area (Å²) in [6.07, 6.45) is 0. The van der Waals surface area contributed by atoms with Crippen molar-refractivity contribution in [3.63, 3.8) is 0 Å². The molecule has 1 fully saturated rings. The molecule has 1 saturated heterocycles. The first-order valence-electron chi connectivity index (χ1n) is 9.32. The van der Waals surface area contributed by atoms with E-state index in [9.17, 15) is 4.39 Å². The van der Waals surface area contributed by atoms with E-state index in [4.69, 9.17) is 0 Å². The Bertz CT molecular complexity index is 931. The zero-order valence-electron chi connectivity index (χ0n) is 15.7. The van der Waals surface area contributed by atoms with Crippen molar-refractivity contribution >= 4 is 17.2 Å². The minimum absolute atomic E-state index is 0.169. The van der Waals surface area contributed by atoms with Crippen LogP contribution in [0.1, 0.15) is 18.3 Å². The lowest BCUT2D eigenvalue weighted by Gasteiger charge is -2.35. The van der Waals surface area contributed by atoms with Crippen LogP contribution >= 0.6 is 0 Å². The Morgan fingerprint density at radius 2 is 1.89 bits per heavy atom. The fourth-order valence-corrected chi connectivity index (χ4v) is 3.40. The lowest BCUT2D eigenvalue weighted by atomic mass is 10.1. The predicted octanol–water partition coefficient (Wildman–Crippen LogP) is 2.33. The van der Waals surface area contributed by atoms with E-state index < -0.39 is 0 Å². The highest BCUT2D eigenvalue weighted by Crippen LogP contribution is 2.22. The van der Waals surface area contributed by atoms with Gasteiger partial charge in [-0.05, 0) is 43.3 Å². The maximum Gasteiger partial charge on any atom is 0.178 e. The summed E-state index contributed by atoms with van der Waals surface area (Å²) in [5, 5.41) is 15.7. The van der Waals surface area contributed by atoms with Gasteiger partial charge < -0.3 is 15.1 Å². The predicted molar refractivity (Wildman–Crippen MR) is 104 cm³/mol. The van der Waals surface area contributed by atoms with Crippen LogP contribution in [-0.2, 0) is 6.54 Å². The summed E-state index contributed by atoms with van der Waals surface area (Å²) in [7, 11) is 0. The molecule has 0 bridgehead atoms. The Morgan fingerprint density at radius 1 is 1.07 bits per heavy atom. The molecule has 2 aromatic heterocycles. The van der Waals surface area contributed by atoms with Crippen molar-refractivity contribution in [2.45, 2.75) is 20.4 Å². The Balaban J connectivity index is 1.42. The maximum absolute atomic E-state index is 14.6. The second kappa shape index (κ2) is 7.48. The third-order valence-corrected chi connectivity index (χ3v) is 5.06. The van der Waals surface area contributed by atoms with Crippen LogP contribution in [0, 0.1) is 12.7 Å². The van der Waals surface area contributed by atoms with Gasteiger partial charge in [0.2, 0.25) is 0 Å². The molecule has 142 valence electrons. The highest BCUT2D eigenvalue weighted by atomic mass is 19.1. The number of piperazine rings is 1. The van der Waals surface area contributed by atoms with Crippen LogP contribution in [0.25, 0.3) is 5.65 Å². The molecule has 0 aliphatic carbocycles. The van der Waals surface area contributed by atoms with Crippen LogP contribution in [0.2, 0.25) is 0 Å². The number of nitrogens with zero attached hydrogens (tertiary/aromatic N) is 6. The van der Waals surface area contributed by atoms with Gasteiger partial charge in [0.25, 0.3) is 0 Å². The summed E-state index contributed by atoms with van der Waals surface area (Å²) in [6.45, 7) is 9.26. The largest absolute Gasteiger partial charge is 0.367 e. The highest BCUT2D eigenvalue weighted by molar-refractivity contribution is 5.50. The van der Waals surface area contributed by atoms with Crippen LogP contribution in [0.15, 0.2) is 30.3 Å². The number of nitrogens with one attached hydrogen (secondary N) is 1. The summed E-state index contributed by atoms with van der Waals surface area (Å²) in [5.41, 5.74) is 2.27. The van der Waals surface area contributed by atoms with E-state index in [1.807, 2.05) is 31.2 Å². The molecule has 0 amide bonds. The molecule has 27 heavy (non-hydrogen) atoms. The molecule has 1 aliphatic heterocycles. The Hall–Kier alpha value is -2.74. The van der Waals surface area contributed by atoms with E-state index in [1.165, 1.54) is 0 Å². The van der Waals surface area contributed by atoms with Crippen LogP contribution in [0.3, 0.4) is 0 Å². The lowest BCUT2D eigenvalue weighted by Crippen LogP contribution is -2.46. The third kappa shape index (κ3) is 3.71. The zero-order valence-corrected chi connectivity index (χ0v) is 15.7. The van der Waals surface area contributed by atoms with Crippen molar-refractivity contribution < 1.29 is 4.39 Å². The topological polar surface area (TPSA) is 61.6 Å². The van der Waals surface area contributed by atoms with Crippen molar-refractivity contribution in [3.8, 4) is 0 Å². The normalized spacial score (nSPS) is 15.4. The molecule has 0 radical (unpaired) electrons. The Kier molecular flexibility index (Phi) is 4.89. The number of fused-ring (bicyclic) bond motifs is 1. The monoisotopic (exact) mass is 369 g/mol. The fourth-order valence-electron chi connectivity index (χ4n) is 3.40. The van der Waals surface area contributed by atoms with Gasteiger partial charge >= 0.3 is 0 Å². The molecular formula is C19H24FN7. The number of halogens is 1. The number of hydrogen-bond acceptors (Lipinski definition) is 6. The van der Waals surface area contributed by atoms with Gasteiger partial charge in [0, 0.05) is 32.7 Å². The van der Waals surface area contributed by atoms with Crippen molar-refractivity contribution in [2.75, 3.05) is 42.9 Å². The first-order chi connectivity index (χ1) is 13.1. The van der Waals surface area contributed by atoms with E-state index >= 15 is 0 Å². The molecule has 1 aromatic carbocycles. The van der Waals surface area contributed by atoms with Crippen molar-refractivity contribution in [3.05, 3.63) is 47.5 Å². The van der Waals surface area contributed by atoms with Gasteiger partial charge in [-0.1, -0.05) is 13.0 Å². The molecular weight excluding hydrogens is 345 g/mol. The summed E-state index contributed by atoms with van der Waals surface area (Å²) in [6, 6.07) is 9.17. The smallest absolute Gasteiger partial charge is 0.178 e. The summed E-state index contributed by atoms with van der Waals surface area (Å²) in [4.78, 5) is 4.51. The van der Waals surface area contributed by atoms with E-state index in [0.717, 1.165) is 44.1 Å². The quantitative estimate of drug-likeness (QED) is 0.745. The van der Waals surface area contributed by atoms with Gasteiger partial charge in [0.15, 0.2) is 11.5 Å². The average molecular weight is 369 g/mol. The number of aromatic nitrogens is 4. The molecule has 7 nitrogen and oxygen atoms in total. The van der Waals surface area contributed by atoms with Gasteiger partial charge in [0.05, 0.1) is 5.69 Å². The molecule has 0 unspecified atom stereocenters. The number of hydrogen-bond donors (Lipinski definition) is 1. The number of rotatable bonds is 5. The summed E-state index contributed by atoms with van der Waals surface area (Å²) in [5.74, 6) is 1.26. The van der Waals surface area contributed by atoms with Crippen LogP contribution < -0.4 is 10.2 Å². The standard InChI is InChI=1S/C19H24FN7/c1-3-25-8-10-26(11-9-25)17-5-4-15(12-16(17)20)13-21-18-6-7-19-23-22-14(2)27(19)24-18/h4-7,12H,3,8-11,13H2,1-2H3,(H,21,24). The number of anilines is 2. The molecule has 1 aliphatic rings. The summed E-state index contributed by atoms with van der Waals surface area (Å²) < 4.78 is 16.3. The van der Waals surface area contributed by atoms with Gasteiger partial charge in [0.1, 0.15) is 11.6 Å². The van der Waals surface area contributed by atoms with E-state index in [2.05, 4.69) is 37.3 Å². The van der Waals surface area contributed by atoms with E-state index in [1.54, 1.807) is 10.6 Å². The number of aryl methyl sites for hydroxylation is 1. The molecule has 3 aromatic rings. The van der Waals surface area contributed by atoms with E-state index in [0.29, 0.717) is 23.7 Å². The SMILES string of the molecule is CCN1CCN(c2ccc(CNc3ccc4nnc(C)n4n3)cc2F)CC1. The molecule has 1 N–H and O–H groups in total. The van der Waals surface area contributed by atoms with Crippen LogP contribution in [0.4, 0.5) is 15.9 Å².